The van der Waals surface area contributed by atoms with Crippen LogP contribution in [0, 0.1) is 17.3 Å². The van der Waals surface area contributed by atoms with E-state index in [1.807, 2.05) is 20.8 Å². The topological polar surface area (TPSA) is 101 Å². The van der Waals surface area contributed by atoms with Crippen molar-refractivity contribution in [2.45, 2.75) is 27.2 Å². The Balaban J connectivity index is 4.87. The Kier molecular flexibility index (Phi) is 4.74. The van der Waals surface area contributed by atoms with Gasteiger partial charge < -0.3 is 15.9 Å². The van der Waals surface area contributed by atoms with E-state index < -0.39 is 23.7 Å². The van der Waals surface area contributed by atoms with Gasteiger partial charge in [-0.05, 0) is 5.41 Å². The third-order valence-corrected chi connectivity index (χ3v) is 2.53. The molecule has 5 heteroatoms. The Bertz CT molecular complexity index is 244. The second kappa shape index (κ2) is 5.11. The fraction of sp³-hybridized carbons (Fsp3) is 0.800. The summed E-state index contributed by atoms with van der Waals surface area (Å²) in [5.74, 6) is -3.16. The second-order valence-electron chi connectivity index (χ2n) is 4.77. The molecule has 2 atom stereocenters. The third-order valence-electron chi connectivity index (χ3n) is 2.53. The van der Waals surface area contributed by atoms with Crippen LogP contribution in [0.15, 0.2) is 0 Å². The average Bonchev–Trinajstić information content (AvgIpc) is 2.00. The summed E-state index contributed by atoms with van der Waals surface area (Å²) >= 11 is 0. The second-order valence-corrected chi connectivity index (χ2v) is 4.77. The normalized spacial score (nSPS) is 15.7. The number of carboxylic acid groups (broad SMARTS) is 1. The number of nitrogens with two attached hydrogens (primary N) is 1. The molecule has 0 spiro atoms. The van der Waals surface area contributed by atoms with Crippen LogP contribution in [0.25, 0.3) is 0 Å². The molecule has 0 saturated carbocycles. The number of hydrogen-bond acceptors (Lipinski definition) is 3. The maximum Gasteiger partial charge on any atom is 0.307 e. The van der Waals surface area contributed by atoms with E-state index in [4.69, 9.17) is 10.8 Å². The van der Waals surface area contributed by atoms with Crippen molar-refractivity contribution < 1.29 is 19.8 Å². The van der Waals surface area contributed by atoms with E-state index in [0.717, 1.165) is 0 Å². The van der Waals surface area contributed by atoms with E-state index in [2.05, 4.69) is 0 Å². The fourth-order valence-electron chi connectivity index (χ4n) is 1.62. The molecule has 0 aromatic carbocycles. The van der Waals surface area contributed by atoms with Crippen molar-refractivity contribution in [3.63, 3.8) is 0 Å². The van der Waals surface area contributed by atoms with Gasteiger partial charge in [-0.15, -0.1) is 0 Å². The molecule has 0 aromatic heterocycles. The van der Waals surface area contributed by atoms with Gasteiger partial charge in [0.05, 0.1) is 5.92 Å². The van der Waals surface area contributed by atoms with Gasteiger partial charge in [-0.1, -0.05) is 20.8 Å². The number of hydrogen-bond donors (Lipinski definition) is 3. The summed E-state index contributed by atoms with van der Waals surface area (Å²) in [6.45, 7) is 5.20. The number of carboxylic acids is 1. The summed E-state index contributed by atoms with van der Waals surface area (Å²) in [6, 6.07) is 0. The van der Waals surface area contributed by atoms with Crippen LogP contribution >= 0.6 is 0 Å². The first-order valence-corrected chi connectivity index (χ1v) is 4.82. The van der Waals surface area contributed by atoms with Crippen molar-refractivity contribution in [2.24, 2.45) is 23.0 Å². The molecule has 0 bridgehead atoms. The highest BCUT2D eigenvalue weighted by atomic mass is 16.4. The lowest BCUT2D eigenvalue weighted by molar-refractivity contribution is -0.148. The number of aliphatic hydroxyl groups is 1. The van der Waals surface area contributed by atoms with Crippen LogP contribution in [0.4, 0.5) is 0 Å². The van der Waals surface area contributed by atoms with Gasteiger partial charge in [0.25, 0.3) is 0 Å². The van der Waals surface area contributed by atoms with Gasteiger partial charge in [-0.25, -0.2) is 0 Å². The minimum atomic E-state index is -1.09. The molecule has 0 rings (SSSR count). The van der Waals surface area contributed by atoms with E-state index >= 15 is 0 Å². The van der Waals surface area contributed by atoms with Crippen molar-refractivity contribution in [3.05, 3.63) is 0 Å². The van der Waals surface area contributed by atoms with Crippen LogP contribution in [0.5, 0.6) is 0 Å². The smallest absolute Gasteiger partial charge is 0.307 e. The molecule has 4 N–H and O–H groups in total. The first-order chi connectivity index (χ1) is 6.70. The number of rotatable bonds is 5. The molecule has 0 heterocycles. The number of carbonyl (C=O) groups is 2. The molecule has 5 nitrogen and oxygen atoms in total. The predicted octanol–water partition coefficient (Wildman–Crippen LogP) is 0.217. The molecule has 0 aliphatic rings. The molecule has 1 amide bonds. The zero-order valence-corrected chi connectivity index (χ0v) is 9.36. The minimum absolute atomic E-state index is 0.238. The van der Waals surface area contributed by atoms with Crippen molar-refractivity contribution in [1.82, 2.24) is 0 Å². The number of aliphatic hydroxyl groups excluding tert-OH is 1. The van der Waals surface area contributed by atoms with Crippen molar-refractivity contribution >= 4 is 11.9 Å². The number of primary amides is 1. The van der Waals surface area contributed by atoms with Crippen LogP contribution in [-0.2, 0) is 9.59 Å². The Morgan fingerprint density at radius 3 is 2.00 bits per heavy atom. The largest absolute Gasteiger partial charge is 0.481 e. The van der Waals surface area contributed by atoms with Gasteiger partial charge in [0.1, 0.15) is 0 Å². The Morgan fingerprint density at radius 1 is 1.33 bits per heavy atom. The van der Waals surface area contributed by atoms with Crippen LogP contribution in [0.3, 0.4) is 0 Å². The molecule has 88 valence electrons. The summed E-state index contributed by atoms with van der Waals surface area (Å²) in [6.07, 6.45) is -0.238. The zero-order valence-electron chi connectivity index (χ0n) is 9.36. The summed E-state index contributed by atoms with van der Waals surface area (Å²) in [5.41, 5.74) is 4.60. The first-order valence-electron chi connectivity index (χ1n) is 4.82. The molecule has 0 radical (unpaired) electrons. The third kappa shape index (κ3) is 4.29. The van der Waals surface area contributed by atoms with E-state index in [1.165, 1.54) is 0 Å². The molecule has 0 aliphatic carbocycles. The van der Waals surface area contributed by atoms with Gasteiger partial charge in [0.2, 0.25) is 5.91 Å². The van der Waals surface area contributed by atoms with Gasteiger partial charge in [0.15, 0.2) is 0 Å². The maximum atomic E-state index is 11.0. The van der Waals surface area contributed by atoms with Crippen LogP contribution in [-0.4, -0.2) is 28.7 Å². The van der Waals surface area contributed by atoms with Gasteiger partial charge in [0, 0.05) is 18.9 Å². The number of amides is 1. The van der Waals surface area contributed by atoms with Gasteiger partial charge >= 0.3 is 5.97 Å². The van der Waals surface area contributed by atoms with Crippen molar-refractivity contribution in [1.29, 1.82) is 0 Å². The summed E-state index contributed by atoms with van der Waals surface area (Å²) in [4.78, 5) is 21.7. The van der Waals surface area contributed by atoms with Gasteiger partial charge in [-0.2, -0.15) is 0 Å². The lowest BCUT2D eigenvalue weighted by Gasteiger charge is -2.33. The highest BCUT2D eigenvalue weighted by Crippen LogP contribution is 2.33. The van der Waals surface area contributed by atoms with Crippen LogP contribution in [0.1, 0.15) is 27.2 Å². The average molecular weight is 217 g/mol. The monoisotopic (exact) mass is 217 g/mol. The van der Waals surface area contributed by atoms with E-state index in [9.17, 15) is 14.7 Å². The molecule has 0 aliphatic heterocycles. The van der Waals surface area contributed by atoms with E-state index in [1.54, 1.807) is 0 Å². The van der Waals surface area contributed by atoms with Crippen LogP contribution < -0.4 is 5.73 Å². The van der Waals surface area contributed by atoms with Crippen molar-refractivity contribution in [2.75, 3.05) is 6.61 Å². The number of aliphatic carboxylic acids is 1. The Labute approximate surface area is 89.3 Å². The standard InChI is InChI=1S/C10H19NO4/c1-10(2,3)7(5-12)6(9(14)15)4-8(11)13/h6-7,12H,4-5H2,1-3H3,(H2,11,13)(H,14,15)/t6?,7-/m0/s1. The van der Waals surface area contributed by atoms with Crippen LogP contribution in [0.2, 0.25) is 0 Å². The summed E-state index contributed by atoms with van der Waals surface area (Å²) in [5, 5.41) is 18.1. The lowest BCUT2D eigenvalue weighted by Crippen LogP contribution is -2.38. The van der Waals surface area contributed by atoms with Gasteiger partial charge in [-0.3, -0.25) is 9.59 Å². The molecular weight excluding hydrogens is 198 g/mol. The Morgan fingerprint density at radius 2 is 1.80 bits per heavy atom. The van der Waals surface area contributed by atoms with E-state index in [0.29, 0.717) is 0 Å². The highest BCUT2D eigenvalue weighted by molar-refractivity contribution is 5.81. The van der Waals surface area contributed by atoms with E-state index in [-0.39, 0.29) is 18.4 Å². The Hall–Kier alpha value is -1.10. The maximum absolute atomic E-state index is 11.0. The zero-order chi connectivity index (χ0) is 12.2. The minimum Gasteiger partial charge on any atom is -0.481 e. The highest BCUT2D eigenvalue weighted by Gasteiger charge is 2.36. The summed E-state index contributed by atoms with van der Waals surface area (Å²) in [7, 11) is 0. The number of carbonyl (C=O) groups excluding carboxylic acids is 1. The molecule has 0 saturated heterocycles. The fourth-order valence-corrected chi connectivity index (χ4v) is 1.62. The SMILES string of the molecule is CC(C)(C)[C@@H](CO)C(CC(N)=O)C(=O)O. The molecular formula is C10H19NO4. The lowest BCUT2D eigenvalue weighted by atomic mass is 9.72. The molecule has 15 heavy (non-hydrogen) atoms. The molecule has 1 unspecified atom stereocenters. The predicted molar refractivity (Wildman–Crippen MR) is 55.0 cm³/mol. The summed E-state index contributed by atoms with van der Waals surface area (Å²) < 4.78 is 0. The van der Waals surface area contributed by atoms with Crippen molar-refractivity contribution in [3.8, 4) is 0 Å². The molecule has 0 aromatic rings. The first kappa shape index (κ1) is 13.9. The molecule has 0 fully saturated rings. The quantitative estimate of drug-likeness (QED) is 0.613.